The summed E-state index contributed by atoms with van der Waals surface area (Å²) in [6.07, 6.45) is 6.14. The van der Waals surface area contributed by atoms with E-state index in [0.717, 1.165) is 28.4 Å². The number of benzene rings is 1. The number of aromatic nitrogens is 1. The van der Waals surface area contributed by atoms with Gasteiger partial charge in [0.15, 0.2) is 0 Å². The van der Waals surface area contributed by atoms with Gasteiger partial charge in [-0.05, 0) is 36.6 Å². The van der Waals surface area contributed by atoms with Gasteiger partial charge in [-0.1, -0.05) is 23.7 Å². The van der Waals surface area contributed by atoms with E-state index in [2.05, 4.69) is 10.3 Å². The van der Waals surface area contributed by atoms with Gasteiger partial charge in [-0.3, -0.25) is 4.98 Å². The van der Waals surface area contributed by atoms with E-state index in [1.807, 2.05) is 30.3 Å². The minimum Gasteiger partial charge on any atom is -0.487 e. The molecule has 0 radical (unpaired) electrons. The molecule has 0 spiro atoms. The lowest BCUT2D eigenvalue weighted by molar-refractivity contribution is 0.301. The Bertz CT molecular complexity index is 584. The van der Waals surface area contributed by atoms with Crippen molar-refractivity contribution < 1.29 is 4.74 Å². The van der Waals surface area contributed by atoms with Crippen LogP contribution >= 0.6 is 11.6 Å². The SMILES string of the molecule is Clc1cccc(COc2cnccc2CNC2CC2)c1. The molecule has 0 bridgehead atoms. The van der Waals surface area contributed by atoms with Crippen molar-refractivity contribution in [2.24, 2.45) is 0 Å². The minimum atomic E-state index is 0.503. The largest absolute Gasteiger partial charge is 0.487 e. The zero-order valence-electron chi connectivity index (χ0n) is 11.2. The maximum Gasteiger partial charge on any atom is 0.142 e. The van der Waals surface area contributed by atoms with E-state index in [0.29, 0.717) is 12.6 Å². The molecule has 1 aliphatic rings. The average Bonchev–Trinajstić information content (AvgIpc) is 3.28. The maximum absolute atomic E-state index is 5.97. The Hall–Kier alpha value is -1.58. The normalized spacial score (nSPS) is 14.2. The molecule has 1 heterocycles. The van der Waals surface area contributed by atoms with Crippen LogP contribution in [0.25, 0.3) is 0 Å². The molecule has 1 aromatic carbocycles. The van der Waals surface area contributed by atoms with Gasteiger partial charge in [-0.25, -0.2) is 0 Å². The number of rotatable bonds is 6. The van der Waals surface area contributed by atoms with Gasteiger partial charge in [-0.2, -0.15) is 0 Å². The molecular weight excluding hydrogens is 272 g/mol. The summed E-state index contributed by atoms with van der Waals surface area (Å²) in [5.74, 6) is 0.834. The van der Waals surface area contributed by atoms with E-state index in [9.17, 15) is 0 Å². The highest BCUT2D eigenvalue weighted by molar-refractivity contribution is 6.30. The van der Waals surface area contributed by atoms with Gasteiger partial charge >= 0.3 is 0 Å². The topological polar surface area (TPSA) is 34.1 Å². The molecular formula is C16H17ClN2O. The van der Waals surface area contributed by atoms with Crippen LogP contribution in [-0.2, 0) is 13.2 Å². The highest BCUT2D eigenvalue weighted by Crippen LogP contribution is 2.22. The number of pyridine rings is 1. The standard InChI is InChI=1S/C16H17ClN2O/c17-14-3-1-2-12(8-14)11-20-16-10-18-7-6-13(16)9-19-15-4-5-15/h1-3,6-8,10,15,19H,4-5,9,11H2. The molecule has 104 valence electrons. The molecule has 0 aliphatic heterocycles. The zero-order valence-corrected chi connectivity index (χ0v) is 11.9. The summed E-state index contributed by atoms with van der Waals surface area (Å²) in [4.78, 5) is 4.14. The Morgan fingerprint density at radius 3 is 3.00 bits per heavy atom. The fraction of sp³-hybridized carbons (Fsp3) is 0.312. The molecule has 3 rings (SSSR count). The second kappa shape index (κ2) is 6.25. The van der Waals surface area contributed by atoms with Crippen LogP contribution in [0.5, 0.6) is 5.75 Å². The van der Waals surface area contributed by atoms with Crippen molar-refractivity contribution in [2.75, 3.05) is 0 Å². The van der Waals surface area contributed by atoms with Crippen molar-refractivity contribution in [2.45, 2.75) is 32.0 Å². The third kappa shape index (κ3) is 3.71. The fourth-order valence-corrected chi connectivity index (χ4v) is 2.23. The summed E-state index contributed by atoms with van der Waals surface area (Å²) < 4.78 is 5.87. The molecule has 1 saturated carbocycles. The molecule has 0 amide bonds. The van der Waals surface area contributed by atoms with Crippen LogP contribution in [0.1, 0.15) is 24.0 Å². The van der Waals surface area contributed by atoms with Crippen LogP contribution in [0, 0.1) is 0 Å². The number of hydrogen-bond donors (Lipinski definition) is 1. The average molecular weight is 289 g/mol. The highest BCUT2D eigenvalue weighted by Gasteiger charge is 2.20. The molecule has 3 nitrogen and oxygen atoms in total. The molecule has 4 heteroatoms. The number of ether oxygens (including phenoxy) is 1. The molecule has 1 aromatic heterocycles. The van der Waals surface area contributed by atoms with Crippen molar-refractivity contribution in [1.29, 1.82) is 0 Å². The lowest BCUT2D eigenvalue weighted by Gasteiger charge is -2.11. The quantitative estimate of drug-likeness (QED) is 0.882. The first-order chi connectivity index (χ1) is 9.81. The van der Waals surface area contributed by atoms with Crippen molar-refractivity contribution in [3.05, 3.63) is 58.9 Å². The van der Waals surface area contributed by atoms with Crippen LogP contribution in [0.2, 0.25) is 5.02 Å². The molecule has 0 saturated heterocycles. The number of nitrogens with zero attached hydrogens (tertiary/aromatic N) is 1. The zero-order chi connectivity index (χ0) is 13.8. The Morgan fingerprint density at radius 1 is 1.30 bits per heavy atom. The van der Waals surface area contributed by atoms with Gasteiger partial charge in [0.05, 0.1) is 6.20 Å². The second-order valence-corrected chi connectivity index (χ2v) is 5.49. The first-order valence-corrected chi connectivity index (χ1v) is 7.22. The van der Waals surface area contributed by atoms with Gasteiger partial charge in [0.1, 0.15) is 12.4 Å². The first-order valence-electron chi connectivity index (χ1n) is 6.85. The summed E-state index contributed by atoms with van der Waals surface area (Å²) in [6.45, 7) is 1.33. The molecule has 1 fully saturated rings. The van der Waals surface area contributed by atoms with E-state index < -0.39 is 0 Å². The van der Waals surface area contributed by atoms with Crippen molar-refractivity contribution in [1.82, 2.24) is 10.3 Å². The molecule has 20 heavy (non-hydrogen) atoms. The number of nitrogens with one attached hydrogen (secondary N) is 1. The third-order valence-electron chi connectivity index (χ3n) is 3.31. The Kier molecular flexibility index (Phi) is 4.19. The lowest BCUT2D eigenvalue weighted by Crippen LogP contribution is -2.16. The Morgan fingerprint density at radius 2 is 2.20 bits per heavy atom. The number of halogens is 1. The van der Waals surface area contributed by atoms with Crippen molar-refractivity contribution in [3.8, 4) is 5.75 Å². The minimum absolute atomic E-state index is 0.503. The smallest absolute Gasteiger partial charge is 0.142 e. The fourth-order valence-electron chi connectivity index (χ4n) is 2.01. The molecule has 0 atom stereocenters. The van der Waals surface area contributed by atoms with E-state index in [4.69, 9.17) is 16.3 Å². The van der Waals surface area contributed by atoms with Crippen LogP contribution in [0.3, 0.4) is 0 Å². The second-order valence-electron chi connectivity index (χ2n) is 5.06. The summed E-state index contributed by atoms with van der Waals surface area (Å²) >= 11 is 5.97. The summed E-state index contributed by atoms with van der Waals surface area (Å²) in [7, 11) is 0. The van der Waals surface area contributed by atoms with Crippen molar-refractivity contribution in [3.63, 3.8) is 0 Å². The molecule has 2 aromatic rings. The monoisotopic (exact) mass is 288 g/mol. The van der Waals surface area contributed by atoms with Gasteiger partial charge < -0.3 is 10.1 Å². The van der Waals surface area contributed by atoms with Crippen LogP contribution < -0.4 is 10.1 Å². The van der Waals surface area contributed by atoms with Crippen molar-refractivity contribution >= 4 is 11.6 Å². The molecule has 0 unspecified atom stereocenters. The van der Waals surface area contributed by atoms with Crippen LogP contribution in [0.15, 0.2) is 42.7 Å². The predicted molar refractivity (Wildman–Crippen MR) is 79.9 cm³/mol. The highest BCUT2D eigenvalue weighted by atomic mass is 35.5. The van der Waals surface area contributed by atoms with E-state index in [1.165, 1.54) is 12.8 Å². The third-order valence-corrected chi connectivity index (χ3v) is 3.55. The van der Waals surface area contributed by atoms with Gasteiger partial charge in [0, 0.05) is 29.4 Å². The Balaban J connectivity index is 1.63. The summed E-state index contributed by atoms with van der Waals surface area (Å²) in [5, 5.41) is 4.22. The Labute approximate surface area is 123 Å². The van der Waals surface area contributed by atoms with Crippen LogP contribution in [0.4, 0.5) is 0 Å². The summed E-state index contributed by atoms with van der Waals surface area (Å²) in [6, 6.07) is 10.4. The summed E-state index contributed by atoms with van der Waals surface area (Å²) in [5.41, 5.74) is 2.20. The van der Waals surface area contributed by atoms with Gasteiger partial charge in [0.2, 0.25) is 0 Å². The predicted octanol–water partition coefficient (Wildman–Crippen LogP) is 3.57. The van der Waals surface area contributed by atoms with E-state index >= 15 is 0 Å². The van der Waals surface area contributed by atoms with Crippen LogP contribution in [-0.4, -0.2) is 11.0 Å². The van der Waals surface area contributed by atoms with E-state index in [-0.39, 0.29) is 0 Å². The number of hydrogen-bond acceptors (Lipinski definition) is 3. The lowest BCUT2D eigenvalue weighted by atomic mass is 10.2. The molecule has 1 N–H and O–H groups in total. The van der Waals surface area contributed by atoms with Gasteiger partial charge in [0.25, 0.3) is 0 Å². The maximum atomic E-state index is 5.97. The van der Waals surface area contributed by atoms with E-state index in [1.54, 1.807) is 12.4 Å². The van der Waals surface area contributed by atoms with Gasteiger partial charge in [-0.15, -0.1) is 0 Å². The molecule has 1 aliphatic carbocycles. The first kappa shape index (κ1) is 13.4.